The highest BCUT2D eigenvalue weighted by Gasteiger charge is 2.28. The lowest BCUT2D eigenvalue weighted by atomic mass is 9.99. The van der Waals surface area contributed by atoms with E-state index in [0.29, 0.717) is 34.2 Å². The molecule has 2 N–H and O–H groups in total. The molecule has 49 heavy (non-hydrogen) atoms. The van der Waals surface area contributed by atoms with Gasteiger partial charge in [0.1, 0.15) is 28.6 Å². The minimum atomic E-state index is -3.67. The number of benzene rings is 2. The van der Waals surface area contributed by atoms with E-state index in [-0.39, 0.29) is 23.0 Å². The SMILES string of the molecule is CCc1cc(Nc2ncc(C#N)c(Nc3ccc4nccnc4c3N(C)S(C)(=O)=O)n2)c(OC)cc1N1CCC(N2CCN(C)CC2)CC1. The van der Waals surface area contributed by atoms with Crippen LogP contribution in [-0.2, 0) is 16.4 Å². The predicted molar refractivity (Wildman–Crippen MR) is 193 cm³/mol. The Hall–Kier alpha value is -4.78. The lowest BCUT2D eigenvalue weighted by Gasteiger charge is -2.43. The van der Waals surface area contributed by atoms with Crippen LogP contribution >= 0.6 is 0 Å². The van der Waals surface area contributed by atoms with Crippen LogP contribution in [0.15, 0.2) is 42.9 Å². The third kappa shape index (κ3) is 7.31. The molecule has 14 nitrogen and oxygen atoms in total. The number of likely N-dealkylation sites (N-methyl/N-ethyl adjacent to an activating group) is 1. The number of nitrogens with zero attached hydrogens (tertiary/aromatic N) is 9. The van der Waals surface area contributed by atoms with Crippen molar-refractivity contribution in [1.29, 1.82) is 5.26 Å². The van der Waals surface area contributed by atoms with Gasteiger partial charge in [0, 0.05) is 76.5 Å². The van der Waals surface area contributed by atoms with E-state index in [9.17, 15) is 13.7 Å². The zero-order chi connectivity index (χ0) is 34.7. The number of aromatic nitrogens is 4. The van der Waals surface area contributed by atoms with Gasteiger partial charge in [-0.3, -0.25) is 19.2 Å². The molecule has 2 aromatic heterocycles. The van der Waals surface area contributed by atoms with Gasteiger partial charge in [-0.05, 0) is 50.1 Å². The van der Waals surface area contributed by atoms with Crippen molar-refractivity contribution in [3.05, 3.63) is 54.0 Å². The van der Waals surface area contributed by atoms with E-state index in [1.807, 2.05) is 0 Å². The fraction of sp³-hybridized carbons (Fsp3) is 0.441. The number of hydrogen-bond donors (Lipinski definition) is 2. The summed E-state index contributed by atoms with van der Waals surface area (Å²) in [6.45, 7) is 8.67. The van der Waals surface area contributed by atoms with E-state index in [0.717, 1.165) is 69.1 Å². The molecule has 4 heterocycles. The van der Waals surface area contributed by atoms with E-state index < -0.39 is 10.0 Å². The summed E-state index contributed by atoms with van der Waals surface area (Å²) in [6.07, 6.45) is 8.67. The molecule has 15 heteroatoms. The van der Waals surface area contributed by atoms with Gasteiger partial charge >= 0.3 is 0 Å². The summed E-state index contributed by atoms with van der Waals surface area (Å²) in [5, 5.41) is 16.4. The number of aryl methyl sites for hydroxylation is 1. The maximum Gasteiger partial charge on any atom is 0.232 e. The van der Waals surface area contributed by atoms with E-state index in [4.69, 9.17) is 4.74 Å². The number of rotatable bonds is 10. The molecular weight excluding hydrogens is 643 g/mol. The van der Waals surface area contributed by atoms with Crippen molar-refractivity contribution in [2.45, 2.75) is 32.2 Å². The fourth-order valence-corrected chi connectivity index (χ4v) is 7.11. The summed E-state index contributed by atoms with van der Waals surface area (Å²) in [4.78, 5) is 25.3. The summed E-state index contributed by atoms with van der Waals surface area (Å²) in [6, 6.07) is 10.3. The average molecular weight is 686 g/mol. The Labute approximate surface area is 287 Å². The van der Waals surface area contributed by atoms with Gasteiger partial charge in [0.2, 0.25) is 16.0 Å². The number of hydrogen-bond acceptors (Lipinski definition) is 13. The molecule has 258 valence electrons. The second kappa shape index (κ2) is 14.4. The van der Waals surface area contributed by atoms with Gasteiger partial charge in [-0.15, -0.1) is 0 Å². The first kappa shape index (κ1) is 34.1. The summed E-state index contributed by atoms with van der Waals surface area (Å²) in [5.41, 5.74) is 4.79. The normalized spacial score (nSPS) is 16.4. The van der Waals surface area contributed by atoms with Gasteiger partial charge in [0.15, 0.2) is 5.82 Å². The Kier molecular flexibility index (Phi) is 10.00. The van der Waals surface area contributed by atoms with Gasteiger partial charge < -0.3 is 25.2 Å². The molecule has 4 aromatic rings. The van der Waals surface area contributed by atoms with Crippen LogP contribution in [0.1, 0.15) is 30.9 Å². The van der Waals surface area contributed by atoms with Crippen LogP contribution in [0, 0.1) is 11.3 Å². The number of sulfonamides is 1. The number of fused-ring (bicyclic) bond motifs is 1. The van der Waals surface area contributed by atoms with E-state index in [2.05, 4.69) is 77.4 Å². The van der Waals surface area contributed by atoms with Crippen molar-refractivity contribution in [2.75, 3.05) is 86.6 Å². The molecule has 6 rings (SSSR count). The highest BCUT2D eigenvalue weighted by Crippen LogP contribution is 2.38. The molecular formula is C34H43N11O3S. The fourth-order valence-electron chi connectivity index (χ4n) is 6.59. The number of piperidine rings is 1. The van der Waals surface area contributed by atoms with Crippen molar-refractivity contribution >= 4 is 55.6 Å². The number of nitrogens with one attached hydrogen (secondary N) is 2. The second-order valence-electron chi connectivity index (χ2n) is 12.5. The molecule has 0 radical (unpaired) electrons. The molecule has 0 unspecified atom stereocenters. The summed E-state index contributed by atoms with van der Waals surface area (Å²) in [5.74, 6) is 1.09. The Morgan fingerprint density at radius 1 is 1.02 bits per heavy atom. The Morgan fingerprint density at radius 2 is 1.76 bits per heavy atom. The van der Waals surface area contributed by atoms with Crippen molar-refractivity contribution in [2.24, 2.45) is 0 Å². The van der Waals surface area contributed by atoms with Crippen LogP contribution in [0.4, 0.5) is 34.5 Å². The van der Waals surface area contributed by atoms with Gasteiger partial charge in [0.25, 0.3) is 0 Å². The first-order valence-corrected chi connectivity index (χ1v) is 18.3. The average Bonchev–Trinajstić information content (AvgIpc) is 3.11. The molecule has 0 spiro atoms. The monoisotopic (exact) mass is 685 g/mol. The molecule has 2 aromatic carbocycles. The van der Waals surface area contributed by atoms with Crippen molar-refractivity contribution in [1.82, 2.24) is 29.7 Å². The van der Waals surface area contributed by atoms with Gasteiger partial charge in [-0.25, -0.2) is 13.4 Å². The summed E-state index contributed by atoms with van der Waals surface area (Å²) < 4.78 is 32.3. The standard InChI is InChI=1S/C34H43N11O3S/c1-6-23-19-28(30(48-4)20-29(23)45-13-9-25(10-14-45)44-17-15-42(2)16-18-44)40-34-38-22-24(21-35)33(41-34)39-27-8-7-26-31(37-12-11-36-26)32(27)43(3)49(5,46)47/h7-8,11-12,19-20,22,25H,6,9-10,13-18H2,1-5H3,(H2,38,39,40,41). The molecule has 0 atom stereocenters. The molecule has 2 aliphatic rings. The predicted octanol–water partition coefficient (Wildman–Crippen LogP) is 3.96. The molecule has 2 saturated heterocycles. The summed E-state index contributed by atoms with van der Waals surface area (Å²) >= 11 is 0. The lowest BCUT2D eigenvalue weighted by molar-refractivity contribution is 0.0982. The van der Waals surface area contributed by atoms with Crippen LogP contribution in [-0.4, -0.2) is 111 Å². The minimum Gasteiger partial charge on any atom is -0.494 e. The first-order valence-electron chi connectivity index (χ1n) is 16.5. The molecule has 0 bridgehead atoms. The maximum atomic E-state index is 12.6. The highest BCUT2D eigenvalue weighted by molar-refractivity contribution is 7.92. The first-order chi connectivity index (χ1) is 23.6. The van der Waals surface area contributed by atoms with Crippen LogP contribution in [0.25, 0.3) is 11.0 Å². The zero-order valence-electron chi connectivity index (χ0n) is 28.6. The number of ether oxygens (including phenoxy) is 1. The van der Waals surface area contributed by atoms with Crippen LogP contribution in [0.2, 0.25) is 0 Å². The van der Waals surface area contributed by atoms with Crippen molar-refractivity contribution in [3.63, 3.8) is 0 Å². The molecule has 0 aliphatic carbocycles. The van der Waals surface area contributed by atoms with Crippen molar-refractivity contribution in [3.8, 4) is 11.8 Å². The highest BCUT2D eigenvalue weighted by atomic mass is 32.2. The number of nitriles is 1. The second-order valence-corrected chi connectivity index (χ2v) is 14.5. The maximum absolute atomic E-state index is 12.6. The third-order valence-electron chi connectivity index (χ3n) is 9.48. The Bertz CT molecular complexity index is 1970. The van der Waals surface area contributed by atoms with Crippen molar-refractivity contribution < 1.29 is 13.2 Å². The number of piperazine rings is 1. The molecule has 2 aliphatic heterocycles. The van der Waals surface area contributed by atoms with Gasteiger partial charge in [0.05, 0.1) is 36.5 Å². The summed E-state index contributed by atoms with van der Waals surface area (Å²) in [7, 11) is 1.61. The minimum absolute atomic E-state index is 0.175. The third-order valence-corrected chi connectivity index (χ3v) is 10.7. The topological polar surface area (TPSA) is 156 Å². The molecule has 0 amide bonds. The van der Waals surface area contributed by atoms with E-state index in [1.165, 1.54) is 36.9 Å². The largest absolute Gasteiger partial charge is 0.494 e. The Morgan fingerprint density at radius 3 is 2.43 bits per heavy atom. The number of anilines is 6. The molecule has 2 fully saturated rings. The van der Waals surface area contributed by atoms with Gasteiger partial charge in [-0.2, -0.15) is 10.2 Å². The lowest BCUT2D eigenvalue weighted by Crippen LogP contribution is -2.52. The Balaban J connectivity index is 1.26. The van der Waals surface area contributed by atoms with E-state index >= 15 is 0 Å². The number of methoxy groups -OCH3 is 1. The molecule has 0 saturated carbocycles. The van der Waals surface area contributed by atoms with Crippen LogP contribution < -0.4 is 24.6 Å². The zero-order valence-corrected chi connectivity index (χ0v) is 29.5. The smallest absolute Gasteiger partial charge is 0.232 e. The van der Waals surface area contributed by atoms with Crippen LogP contribution in [0.3, 0.4) is 0 Å². The van der Waals surface area contributed by atoms with E-state index in [1.54, 1.807) is 19.2 Å². The van der Waals surface area contributed by atoms with Gasteiger partial charge in [-0.1, -0.05) is 6.92 Å². The van der Waals surface area contributed by atoms with Crippen LogP contribution in [0.5, 0.6) is 5.75 Å². The quantitative estimate of drug-likeness (QED) is 0.248.